The van der Waals surface area contributed by atoms with Crippen molar-refractivity contribution in [1.29, 1.82) is 0 Å². The minimum absolute atomic E-state index is 0.0343. The summed E-state index contributed by atoms with van der Waals surface area (Å²) in [6.45, 7) is 2.44. The first-order valence-corrected chi connectivity index (χ1v) is 12.5. The number of benzene rings is 3. The largest absolute Gasteiger partial charge is 0.345 e. The summed E-state index contributed by atoms with van der Waals surface area (Å²) in [7, 11) is -3.80. The minimum Gasteiger partial charge on any atom is -0.345 e. The standard InChI is InChI=1S/C26H27FN2O3S/c1-19-8-5-6-12-24(19)25(20-9-3-2-4-10-20)28-26(30)21-11-7-17-29(18-21)33(31,32)23-15-13-22(27)14-16-23/h2-6,8-10,12-16,21,25H,7,11,17-18H2,1H3,(H,28,30)/t21-,25+/m1/s1. The molecule has 0 aliphatic carbocycles. The van der Waals surface area contributed by atoms with Crippen molar-refractivity contribution in [1.82, 2.24) is 9.62 Å². The fourth-order valence-corrected chi connectivity index (χ4v) is 5.81. The first-order chi connectivity index (χ1) is 15.9. The number of rotatable bonds is 6. The van der Waals surface area contributed by atoms with Crippen LogP contribution >= 0.6 is 0 Å². The summed E-state index contributed by atoms with van der Waals surface area (Å²) in [5, 5.41) is 3.17. The van der Waals surface area contributed by atoms with Crippen molar-refractivity contribution in [2.45, 2.75) is 30.7 Å². The number of aryl methyl sites for hydroxylation is 1. The number of halogens is 1. The van der Waals surface area contributed by atoms with Gasteiger partial charge in [0.05, 0.1) is 16.9 Å². The molecule has 0 saturated carbocycles. The summed E-state index contributed by atoms with van der Waals surface area (Å²) in [5.41, 5.74) is 3.03. The maximum Gasteiger partial charge on any atom is 0.243 e. The Bertz CT molecular complexity index is 1210. The van der Waals surface area contributed by atoms with E-state index in [1.807, 2.05) is 61.5 Å². The second-order valence-electron chi connectivity index (χ2n) is 8.36. The van der Waals surface area contributed by atoms with E-state index in [4.69, 9.17) is 0 Å². The fraction of sp³-hybridized carbons (Fsp3) is 0.269. The molecule has 3 aromatic carbocycles. The third-order valence-electron chi connectivity index (χ3n) is 6.13. The van der Waals surface area contributed by atoms with Crippen LogP contribution in [0.3, 0.4) is 0 Å². The Balaban J connectivity index is 1.55. The van der Waals surface area contributed by atoms with Crippen LogP contribution in [0.4, 0.5) is 4.39 Å². The molecule has 0 radical (unpaired) electrons. The molecule has 4 rings (SSSR count). The maximum absolute atomic E-state index is 13.3. The monoisotopic (exact) mass is 466 g/mol. The van der Waals surface area contributed by atoms with Gasteiger partial charge in [0.1, 0.15) is 5.82 Å². The average Bonchev–Trinajstić information content (AvgIpc) is 2.84. The van der Waals surface area contributed by atoms with Gasteiger partial charge in [0, 0.05) is 13.1 Å². The van der Waals surface area contributed by atoms with Gasteiger partial charge in [0.2, 0.25) is 15.9 Å². The summed E-state index contributed by atoms with van der Waals surface area (Å²) in [5.74, 6) is -1.14. The molecule has 1 N–H and O–H groups in total. The van der Waals surface area contributed by atoms with Crippen molar-refractivity contribution < 1.29 is 17.6 Å². The van der Waals surface area contributed by atoms with E-state index in [2.05, 4.69) is 5.32 Å². The van der Waals surface area contributed by atoms with Gasteiger partial charge in [-0.2, -0.15) is 4.31 Å². The second kappa shape index (κ2) is 9.85. The molecular weight excluding hydrogens is 439 g/mol. The molecule has 0 aromatic heterocycles. The molecule has 0 unspecified atom stereocenters. The highest BCUT2D eigenvalue weighted by atomic mass is 32.2. The number of nitrogens with one attached hydrogen (secondary N) is 1. The van der Waals surface area contributed by atoms with E-state index in [1.54, 1.807) is 0 Å². The van der Waals surface area contributed by atoms with Crippen LogP contribution in [0.5, 0.6) is 0 Å². The maximum atomic E-state index is 13.3. The van der Waals surface area contributed by atoms with Gasteiger partial charge in [-0.1, -0.05) is 54.6 Å². The smallest absolute Gasteiger partial charge is 0.243 e. The quantitative estimate of drug-likeness (QED) is 0.584. The van der Waals surface area contributed by atoms with Crippen LogP contribution in [0.2, 0.25) is 0 Å². The molecule has 1 fully saturated rings. The van der Waals surface area contributed by atoms with Crippen molar-refractivity contribution in [2.24, 2.45) is 5.92 Å². The van der Waals surface area contributed by atoms with E-state index in [1.165, 1.54) is 16.4 Å². The number of carbonyl (C=O) groups excluding carboxylic acids is 1. The first-order valence-electron chi connectivity index (χ1n) is 11.0. The minimum atomic E-state index is -3.80. The molecule has 5 nitrogen and oxygen atoms in total. The Kier molecular flexibility index (Phi) is 6.91. The summed E-state index contributed by atoms with van der Waals surface area (Å²) >= 11 is 0. The van der Waals surface area contributed by atoms with Crippen molar-refractivity contribution >= 4 is 15.9 Å². The second-order valence-corrected chi connectivity index (χ2v) is 10.3. The molecule has 2 atom stereocenters. The van der Waals surface area contributed by atoms with Gasteiger partial charge in [-0.3, -0.25) is 4.79 Å². The van der Waals surface area contributed by atoms with Crippen molar-refractivity contribution in [3.05, 3.63) is 101 Å². The number of hydrogen-bond acceptors (Lipinski definition) is 3. The molecule has 1 aliphatic rings. The SMILES string of the molecule is Cc1ccccc1[C@@H](NC(=O)[C@@H]1CCCN(S(=O)(=O)c2ccc(F)cc2)C1)c1ccccc1. The molecule has 0 bridgehead atoms. The molecule has 1 amide bonds. The van der Waals surface area contributed by atoms with Crippen LogP contribution in [0.1, 0.15) is 35.6 Å². The van der Waals surface area contributed by atoms with Crippen molar-refractivity contribution in [3.8, 4) is 0 Å². The van der Waals surface area contributed by atoms with E-state index < -0.39 is 21.8 Å². The van der Waals surface area contributed by atoms with Gasteiger partial charge < -0.3 is 5.32 Å². The molecule has 1 saturated heterocycles. The average molecular weight is 467 g/mol. The van der Waals surface area contributed by atoms with E-state index in [9.17, 15) is 17.6 Å². The Hall–Kier alpha value is -3.03. The number of carbonyl (C=O) groups is 1. The highest BCUT2D eigenvalue weighted by molar-refractivity contribution is 7.89. The van der Waals surface area contributed by atoms with Gasteiger partial charge in [-0.15, -0.1) is 0 Å². The summed E-state index contributed by atoms with van der Waals surface area (Å²) in [6.07, 6.45) is 1.19. The number of hydrogen-bond donors (Lipinski definition) is 1. The topological polar surface area (TPSA) is 66.5 Å². The van der Waals surface area contributed by atoms with Crippen LogP contribution in [0.15, 0.2) is 83.8 Å². The van der Waals surface area contributed by atoms with Crippen LogP contribution in [0, 0.1) is 18.7 Å². The van der Waals surface area contributed by atoms with Crippen molar-refractivity contribution in [3.63, 3.8) is 0 Å². The molecule has 7 heteroatoms. The lowest BCUT2D eigenvalue weighted by molar-refractivity contribution is -0.126. The van der Waals surface area contributed by atoms with Gasteiger partial charge in [0.15, 0.2) is 0 Å². The Morgan fingerprint density at radius 2 is 1.67 bits per heavy atom. The lowest BCUT2D eigenvalue weighted by Gasteiger charge is -2.32. The number of sulfonamides is 1. The molecule has 1 aliphatic heterocycles. The molecule has 3 aromatic rings. The molecule has 0 spiro atoms. The summed E-state index contributed by atoms with van der Waals surface area (Å²) in [4.78, 5) is 13.4. The normalized spacial score (nSPS) is 17.9. The van der Waals surface area contributed by atoms with Crippen molar-refractivity contribution in [2.75, 3.05) is 13.1 Å². The molecule has 1 heterocycles. The molecule has 33 heavy (non-hydrogen) atoms. The van der Waals surface area contributed by atoms with Crippen LogP contribution in [-0.2, 0) is 14.8 Å². The van der Waals surface area contributed by atoms with E-state index in [0.29, 0.717) is 19.4 Å². The zero-order valence-electron chi connectivity index (χ0n) is 18.4. The van der Waals surface area contributed by atoms with Crippen LogP contribution in [0.25, 0.3) is 0 Å². The first kappa shape index (κ1) is 23.1. The van der Waals surface area contributed by atoms with Gasteiger partial charge in [-0.25, -0.2) is 12.8 Å². The number of nitrogens with zero attached hydrogens (tertiary/aromatic N) is 1. The van der Waals surface area contributed by atoms with Crippen LogP contribution < -0.4 is 5.32 Å². The molecule has 172 valence electrons. The Morgan fingerprint density at radius 3 is 2.36 bits per heavy atom. The van der Waals surface area contributed by atoms with E-state index >= 15 is 0 Å². The fourth-order valence-electron chi connectivity index (χ4n) is 4.29. The Morgan fingerprint density at radius 1 is 1.00 bits per heavy atom. The summed E-state index contributed by atoms with van der Waals surface area (Å²) < 4.78 is 40.7. The van der Waals surface area contributed by atoms with Gasteiger partial charge in [-0.05, 0) is 60.7 Å². The third-order valence-corrected chi connectivity index (χ3v) is 8.00. The Labute approximate surface area is 194 Å². The molecular formula is C26H27FN2O3S. The third kappa shape index (κ3) is 5.15. The van der Waals surface area contributed by atoms with E-state index in [0.717, 1.165) is 28.8 Å². The highest BCUT2D eigenvalue weighted by Crippen LogP contribution is 2.28. The lowest BCUT2D eigenvalue weighted by Crippen LogP contribution is -2.46. The zero-order valence-corrected chi connectivity index (χ0v) is 19.3. The number of amides is 1. The highest BCUT2D eigenvalue weighted by Gasteiger charge is 2.34. The van der Waals surface area contributed by atoms with Crippen LogP contribution in [-0.4, -0.2) is 31.7 Å². The predicted octanol–water partition coefficient (Wildman–Crippen LogP) is 4.44. The predicted molar refractivity (Wildman–Crippen MR) is 125 cm³/mol. The summed E-state index contributed by atoms with van der Waals surface area (Å²) in [6, 6.07) is 22.1. The lowest BCUT2D eigenvalue weighted by atomic mass is 9.93. The van der Waals surface area contributed by atoms with E-state index in [-0.39, 0.29) is 23.4 Å². The van der Waals surface area contributed by atoms with Gasteiger partial charge >= 0.3 is 0 Å². The van der Waals surface area contributed by atoms with Gasteiger partial charge in [0.25, 0.3) is 0 Å². The number of piperidine rings is 1. The zero-order chi connectivity index (χ0) is 23.4.